The van der Waals surface area contributed by atoms with Gasteiger partial charge in [-0.15, -0.1) is 0 Å². The van der Waals surface area contributed by atoms with Crippen molar-refractivity contribution in [3.05, 3.63) is 65.5 Å². The molecule has 1 fully saturated rings. The van der Waals surface area contributed by atoms with Gasteiger partial charge in [-0.2, -0.15) is 0 Å². The van der Waals surface area contributed by atoms with Gasteiger partial charge in [0.25, 0.3) is 5.91 Å². The van der Waals surface area contributed by atoms with Crippen LogP contribution in [0.4, 0.5) is 0 Å². The molecular formula is C23H25N3O3. The molecule has 1 saturated heterocycles. The molecule has 1 atom stereocenters. The smallest absolute Gasteiger partial charge is 0.335 e. The molecule has 6 nitrogen and oxygen atoms in total. The van der Waals surface area contributed by atoms with Crippen molar-refractivity contribution in [3.8, 4) is 0 Å². The number of carbonyl (C=O) groups is 2. The number of carbonyl (C=O) groups excluding carboxylic acids is 1. The molecule has 150 valence electrons. The second-order valence-electron chi connectivity index (χ2n) is 7.90. The summed E-state index contributed by atoms with van der Waals surface area (Å²) in [5, 5.41) is 9.05. The Kier molecular flexibility index (Phi) is 5.09. The van der Waals surface area contributed by atoms with Crippen molar-refractivity contribution in [2.45, 2.75) is 38.6 Å². The predicted octanol–water partition coefficient (Wildman–Crippen LogP) is 4.34. The van der Waals surface area contributed by atoms with Gasteiger partial charge in [0, 0.05) is 30.6 Å². The lowest BCUT2D eigenvalue weighted by Crippen LogP contribution is -2.39. The van der Waals surface area contributed by atoms with E-state index < -0.39 is 5.97 Å². The van der Waals surface area contributed by atoms with E-state index in [2.05, 4.69) is 24.5 Å². The molecule has 0 aliphatic carbocycles. The molecular weight excluding hydrogens is 366 g/mol. The highest BCUT2D eigenvalue weighted by Crippen LogP contribution is 2.32. The van der Waals surface area contributed by atoms with E-state index in [4.69, 9.17) is 10.1 Å². The number of nitrogens with zero attached hydrogens (tertiary/aromatic N) is 3. The van der Waals surface area contributed by atoms with Gasteiger partial charge in [-0.25, -0.2) is 9.78 Å². The number of hydrogen-bond donors (Lipinski definition) is 1. The Morgan fingerprint density at radius 2 is 1.76 bits per heavy atom. The van der Waals surface area contributed by atoms with E-state index in [1.54, 1.807) is 12.1 Å². The van der Waals surface area contributed by atoms with Crippen LogP contribution in [0.1, 0.15) is 65.2 Å². The highest BCUT2D eigenvalue weighted by molar-refractivity contribution is 5.96. The first-order chi connectivity index (χ1) is 14.0. The summed E-state index contributed by atoms with van der Waals surface area (Å²) in [6, 6.07) is 14.6. The zero-order chi connectivity index (χ0) is 20.5. The number of piperidine rings is 1. The highest BCUT2D eigenvalue weighted by atomic mass is 16.4. The van der Waals surface area contributed by atoms with E-state index in [0.717, 1.165) is 29.7 Å². The molecule has 2 aromatic carbocycles. The van der Waals surface area contributed by atoms with Crippen LogP contribution in [0.5, 0.6) is 0 Å². The van der Waals surface area contributed by atoms with Gasteiger partial charge < -0.3 is 14.6 Å². The number of imidazole rings is 1. The average Bonchev–Trinajstić information content (AvgIpc) is 3.13. The fourth-order valence-corrected chi connectivity index (χ4v) is 4.20. The van der Waals surface area contributed by atoms with Crippen molar-refractivity contribution in [1.82, 2.24) is 14.5 Å². The molecule has 1 N–H and O–H groups in total. The standard InChI is InChI=1S/C23H25N3O3/c1-15(2)26-20-8-4-3-7-19(20)24-21(26)18-6-5-13-25(14-18)22(27)16-9-11-17(12-10-16)23(28)29/h3-4,7-12,15,18H,5-6,13-14H2,1-2H3,(H,28,29). The minimum atomic E-state index is -0.991. The zero-order valence-corrected chi connectivity index (χ0v) is 16.7. The van der Waals surface area contributed by atoms with E-state index in [9.17, 15) is 9.59 Å². The van der Waals surface area contributed by atoms with Gasteiger partial charge in [0.05, 0.1) is 16.6 Å². The third-order valence-corrected chi connectivity index (χ3v) is 5.59. The first-order valence-corrected chi connectivity index (χ1v) is 10.0. The van der Waals surface area contributed by atoms with Crippen LogP contribution in [0.15, 0.2) is 48.5 Å². The summed E-state index contributed by atoms with van der Waals surface area (Å²) in [6.45, 7) is 5.65. The largest absolute Gasteiger partial charge is 0.478 e. The number of aromatic carboxylic acids is 1. The number of fused-ring (bicyclic) bond motifs is 1. The minimum absolute atomic E-state index is 0.0566. The monoisotopic (exact) mass is 391 g/mol. The molecule has 1 aromatic heterocycles. The van der Waals surface area contributed by atoms with Crippen LogP contribution in [0, 0.1) is 0 Å². The Morgan fingerprint density at radius 1 is 1.07 bits per heavy atom. The van der Waals surface area contributed by atoms with Crippen LogP contribution in [0.3, 0.4) is 0 Å². The van der Waals surface area contributed by atoms with Crippen molar-refractivity contribution in [2.24, 2.45) is 0 Å². The van der Waals surface area contributed by atoms with Crippen LogP contribution in [0.2, 0.25) is 0 Å². The lowest BCUT2D eigenvalue weighted by atomic mass is 9.96. The van der Waals surface area contributed by atoms with E-state index >= 15 is 0 Å². The predicted molar refractivity (Wildman–Crippen MR) is 111 cm³/mol. The Hall–Kier alpha value is -3.15. The number of rotatable bonds is 4. The van der Waals surface area contributed by atoms with Crippen molar-refractivity contribution >= 4 is 22.9 Å². The summed E-state index contributed by atoms with van der Waals surface area (Å²) >= 11 is 0. The number of benzene rings is 2. The summed E-state index contributed by atoms with van der Waals surface area (Å²) < 4.78 is 2.29. The van der Waals surface area contributed by atoms with Crippen molar-refractivity contribution in [1.29, 1.82) is 0 Å². The normalized spacial score (nSPS) is 17.1. The summed E-state index contributed by atoms with van der Waals surface area (Å²) in [7, 11) is 0. The SMILES string of the molecule is CC(C)n1c(C2CCCN(C(=O)c3ccc(C(=O)O)cc3)C2)nc2ccccc21. The van der Waals surface area contributed by atoms with E-state index in [1.165, 1.54) is 12.1 Å². The topological polar surface area (TPSA) is 75.4 Å². The van der Waals surface area contributed by atoms with E-state index in [0.29, 0.717) is 18.7 Å². The third kappa shape index (κ3) is 3.62. The van der Waals surface area contributed by atoms with Gasteiger partial charge in [0.15, 0.2) is 0 Å². The number of para-hydroxylation sites is 2. The van der Waals surface area contributed by atoms with Crippen LogP contribution in [-0.2, 0) is 0 Å². The molecule has 0 saturated carbocycles. The Balaban J connectivity index is 1.60. The molecule has 1 amide bonds. The Bertz CT molecular complexity index is 1050. The first-order valence-electron chi connectivity index (χ1n) is 10.0. The number of carboxylic acids is 1. The quantitative estimate of drug-likeness (QED) is 0.718. The first kappa shape index (κ1) is 19.2. The summed E-state index contributed by atoms with van der Waals surface area (Å²) in [5.41, 5.74) is 2.82. The molecule has 6 heteroatoms. The van der Waals surface area contributed by atoms with Gasteiger partial charge in [-0.05, 0) is 63.1 Å². The van der Waals surface area contributed by atoms with Gasteiger partial charge in [0.2, 0.25) is 0 Å². The highest BCUT2D eigenvalue weighted by Gasteiger charge is 2.29. The fraction of sp³-hybridized carbons (Fsp3) is 0.348. The number of aromatic nitrogens is 2. The molecule has 1 aliphatic rings. The summed E-state index contributed by atoms with van der Waals surface area (Å²) in [4.78, 5) is 30.8. The molecule has 2 heterocycles. The lowest BCUT2D eigenvalue weighted by molar-refractivity contribution is 0.0686. The Morgan fingerprint density at radius 3 is 2.45 bits per heavy atom. The van der Waals surface area contributed by atoms with E-state index in [1.807, 2.05) is 23.1 Å². The summed E-state index contributed by atoms with van der Waals surface area (Å²) in [6.07, 6.45) is 1.92. The third-order valence-electron chi connectivity index (χ3n) is 5.59. The maximum absolute atomic E-state index is 13.0. The second-order valence-corrected chi connectivity index (χ2v) is 7.90. The maximum Gasteiger partial charge on any atom is 0.335 e. The lowest BCUT2D eigenvalue weighted by Gasteiger charge is -2.33. The zero-order valence-electron chi connectivity index (χ0n) is 16.7. The molecule has 29 heavy (non-hydrogen) atoms. The minimum Gasteiger partial charge on any atom is -0.478 e. The van der Waals surface area contributed by atoms with Crippen LogP contribution >= 0.6 is 0 Å². The molecule has 0 radical (unpaired) electrons. The van der Waals surface area contributed by atoms with Gasteiger partial charge in [0.1, 0.15) is 5.82 Å². The van der Waals surface area contributed by atoms with Gasteiger partial charge in [-0.3, -0.25) is 4.79 Å². The molecule has 0 bridgehead atoms. The number of likely N-dealkylation sites (tertiary alicyclic amines) is 1. The van der Waals surface area contributed by atoms with Crippen LogP contribution in [0.25, 0.3) is 11.0 Å². The second kappa shape index (κ2) is 7.70. The van der Waals surface area contributed by atoms with E-state index in [-0.39, 0.29) is 23.4 Å². The fourth-order valence-electron chi connectivity index (χ4n) is 4.20. The maximum atomic E-state index is 13.0. The average molecular weight is 391 g/mol. The number of carboxylic acid groups (broad SMARTS) is 1. The van der Waals surface area contributed by atoms with Crippen molar-refractivity contribution in [3.63, 3.8) is 0 Å². The molecule has 0 spiro atoms. The van der Waals surface area contributed by atoms with Gasteiger partial charge >= 0.3 is 5.97 Å². The van der Waals surface area contributed by atoms with Crippen LogP contribution in [-0.4, -0.2) is 44.5 Å². The molecule has 4 rings (SSSR count). The van der Waals surface area contributed by atoms with Crippen molar-refractivity contribution < 1.29 is 14.7 Å². The molecule has 1 unspecified atom stereocenters. The Labute approximate surface area is 169 Å². The molecule has 1 aliphatic heterocycles. The molecule has 3 aromatic rings. The summed E-state index contributed by atoms with van der Waals surface area (Å²) in [5.74, 6) is 0.175. The van der Waals surface area contributed by atoms with Gasteiger partial charge in [-0.1, -0.05) is 12.1 Å². The number of hydrogen-bond acceptors (Lipinski definition) is 3. The van der Waals surface area contributed by atoms with Crippen LogP contribution < -0.4 is 0 Å². The van der Waals surface area contributed by atoms with Crippen molar-refractivity contribution in [2.75, 3.05) is 13.1 Å². The number of amides is 1.